The van der Waals surface area contributed by atoms with Crippen LogP contribution >= 0.6 is 0 Å². The topological polar surface area (TPSA) is 157 Å². The summed E-state index contributed by atoms with van der Waals surface area (Å²) < 4.78 is 5.58. The average Bonchev–Trinajstić information content (AvgIpc) is 3.60. The first-order valence-corrected chi connectivity index (χ1v) is 17.0. The Morgan fingerprint density at radius 2 is 1.91 bits per heavy atom. The van der Waals surface area contributed by atoms with E-state index in [9.17, 15) is 24.9 Å². The number of aromatic nitrogens is 2. The van der Waals surface area contributed by atoms with E-state index in [1.807, 2.05) is 36.4 Å². The number of pyridine rings is 1. The highest BCUT2D eigenvalue weighted by Gasteiger charge is 2.43. The number of ether oxygens (including phenoxy) is 1. The fraction of sp³-hybridized carbons (Fsp3) is 0.500. The van der Waals surface area contributed by atoms with Gasteiger partial charge >= 0.3 is 0 Å². The van der Waals surface area contributed by atoms with E-state index in [0.29, 0.717) is 34.8 Å². The molecule has 3 aromatic rings. The van der Waals surface area contributed by atoms with E-state index in [1.54, 1.807) is 18.5 Å². The predicted molar refractivity (Wildman–Crippen MR) is 179 cm³/mol. The highest BCUT2D eigenvalue weighted by Crippen LogP contribution is 2.53. The van der Waals surface area contributed by atoms with Gasteiger partial charge in [-0.15, -0.1) is 0 Å². The van der Waals surface area contributed by atoms with Crippen molar-refractivity contribution in [2.75, 3.05) is 19.5 Å². The van der Waals surface area contributed by atoms with Crippen molar-refractivity contribution in [3.05, 3.63) is 76.7 Å². The summed E-state index contributed by atoms with van der Waals surface area (Å²) in [5.41, 5.74) is 8.86. The number of aryl methyl sites for hydroxylation is 1. The SMILES string of the molecule is COc1cc(CCC(=O)[C@H](O)C(=O)C[C@@H]2CC[C@H]3CCCC[C@@H]3C2)cc([C@@H]2c3ccnc(N)c3C=C[C@@]2(CO)Cc2ccc[n-]2)c1O. The molecule has 0 bridgehead atoms. The number of phenolic OH excluding ortho intramolecular Hbond substituents is 1. The molecular formula is C38H46N3O6-. The maximum Gasteiger partial charge on any atom is 0.170 e. The number of carbonyl (C=O) groups excluding carboxylic acids is 2. The Morgan fingerprint density at radius 3 is 2.66 bits per heavy atom. The number of aromatic hydroxyl groups is 1. The minimum Gasteiger partial charge on any atom is -0.668 e. The second-order valence-corrected chi connectivity index (χ2v) is 13.9. The Kier molecular flexibility index (Phi) is 9.85. The number of rotatable bonds is 12. The molecule has 47 heavy (non-hydrogen) atoms. The van der Waals surface area contributed by atoms with E-state index < -0.39 is 23.2 Å². The molecule has 5 N–H and O–H groups in total. The number of ketones is 2. The lowest BCUT2D eigenvalue weighted by molar-refractivity contribution is -0.139. The quantitative estimate of drug-likeness (QED) is 0.197. The second-order valence-electron chi connectivity index (χ2n) is 13.9. The standard InChI is InChI=1S/C38H46N3O6/c1-47-33-20-24(9-11-31(43)36(46)32(44)19-23-8-10-25-5-2-3-6-26(25)17-23)18-30(35(33)45)34-28-13-16-41-37(39)29(28)12-14-38(34,22-42)21-27-7-4-15-40-27/h4,7,12-16,18,20,23,25-26,34,36,42,45-46H,2-3,5-6,8-11,17,19,21-22H2,1H3,(H2,39,41)/q-1/t23-,25-,26-,34+,36+,38+/m1/s1. The van der Waals surface area contributed by atoms with Crippen molar-refractivity contribution < 1.29 is 29.6 Å². The fourth-order valence-electron chi connectivity index (χ4n) is 8.55. The van der Waals surface area contributed by atoms with Crippen molar-refractivity contribution in [1.29, 1.82) is 0 Å². The third-order valence-corrected chi connectivity index (χ3v) is 11.0. The van der Waals surface area contributed by atoms with Crippen molar-refractivity contribution in [2.24, 2.45) is 23.2 Å². The second kappa shape index (κ2) is 14.0. The molecule has 2 fully saturated rings. The van der Waals surface area contributed by atoms with E-state index in [1.165, 1.54) is 32.8 Å². The molecule has 2 aromatic heterocycles. The molecular weight excluding hydrogens is 594 g/mol. The summed E-state index contributed by atoms with van der Waals surface area (Å²) in [6.07, 6.45) is 14.5. The molecule has 6 atom stereocenters. The van der Waals surface area contributed by atoms with Crippen LogP contribution in [0, 0.1) is 23.2 Å². The summed E-state index contributed by atoms with van der Waals surface area (Å²) in [6, 6.07) is 9.07. The number of anilines is 1. The molecule has 0 aliphatic heterocycles. The lowest BCUT2D eigenvalue weighted by atomic mass is 9.63. The number of nitrogens with two attached hydrogens (primary N) is 1. The zero-order valence-corrected chi connectivity index (χ0v) is 27.1. The molecule has 3 aliphatic carbocycles. The Hall–Kier alpha value is -3.95. The van der Waals surface area contributed by atoms with Gasteiger partial charge in [-0.25, -0.2) is 4.98 Å². The van der Waals surface area contributed by atoms with Gasteiger partial charge in [0.2, 0.25) is 0 Å². The first kappa shape index (κ1) is 33.0. The summed E-state index contributed by atoms with van der Waals surface area (Å²) in [5, 5.41) is 33.3. The van der Waals surface area contributed by atoms with Crippen LogP contribution in [0.4, 0.5) is 5.82 Å². The van der Waals surface area contributed by atoms with Crippen LogP contribution in [0.2, 0.25) is 0 Å². The predicted octanol–water partition coefficient (Wildman–Crippen LogP) is 5.14. The number of fused-ring (bicyclic) bond motifs is 2. The Morgan fingerprint density at radius 1 is 1.11 bits per heavy atom. The number of aliphatic hydroxyl groups excluding tert-OH is 2. The molecule has 0 radical (unpaired) electrons. The van der Waals surface area contributed by atoms with E-state index >= 15 is 0 Å². The number of methoxy groups -OCH3 is 1. The molecule has 1 aromatic carbocycles. The Labute approximate surface area is 276 Å². The van der Waals surface area contributed by atoms with E-state index in [0.717, 1.165) is 36.4 Å². The largest absolute Gasteiger partial charge is 0.668 e. The molecule has 6 rings (SSSR count). The van der Waals surface area contributed by atoms with Crippen LogP contribution in [-0.2, 0) is 22.4 Å². The molecule has 0 unspecified atom stereocenters. The van der Waals surface area contributed by atoms with Gasteiger partial charge in [-0.3, -0.25) is 9.59 Å². The third kappa shape index (κ3) is 6.74. The molecule has 0 spiro atoms. The fourth-order valence-corrected chi connectivity index (χ4v) is 8.55. The Bertz CT molecular complexity index is 1620. The summed E-state index contributed by atoms with van der Waals surface area (Å²) >= 11 is 0. The number of nitrogen functional groups attached to an aromatic ring is 1. The van der Waals surface area contributed by atoms with E-state index in [4.69, 9.17) is 10.5 Å². The maximum absolute atomic E-state index is 13.1. The number of aliphatic hydroxyl groups is 2. The van der Waals surface area contributed by atoms with Gasteiger partial charge in [-0.2, -0.15) is 11.9 Å². The first-order valence-electron chi connectivity index (χ1n) is 17.0. The third-order valence-electron chi connectivity index (χ3n) is 11.0. The Balaban J connectivity index is 1.23. The maximum atomic E-state index is 13.1. The number of Topliss-reactive ketones (excluding diaryl/α,β-unsaturated/α-hetero) is 2. The molecule has 2 saturated carbocycles. The molecule has 2 heterocycles. The molecule has 0 saturated heterocycles. The van der Waals surface area contributed by atoms with Crippen molar-refractivity contribution in [2.45, 2.75) is 82.7 Å². The summed E-state index contributed by atoms with van der Waals surface area (Å²) in [6.45, 7) is -0.246. The number of carbonyl (C=O) groups is 2. The van der Waals surface area contributed by atoms with Crippen LogP contribution in [-0.4, -0.2) is 51.7 Å². The van der Waals surface area contributed by atoms with Gasteiger partial charge < -0.3 is 30.8 Å². The molecule has 3 aliphatic rings. The zero-order valence-electron chi connectivity index (χ0n) is 27.1. The highest BCUT2D eigenvalue weighted by atomic mass is 16.5. The van der Waals surface area contributed by atoms with E-state index in [2.05, 4.69) is 9.97 Å². The van der Waals surface area contributed by atoms with Crippen LogP contribution in [0.5, 0.6) is 11.5 Å². The van der Waals surface area contributed by atoms with Gasteiger partial charge in [-0.05, 0) is 73.1 Å². The van der Waals surface area contributed by atoms with Gasteiger partial charge in [0.1, 0.15) is 5.82 Å². The summed E-state index contributed by atoms with van der Waals surface area (Å²) in [4.78, 5) is 34.9. The van der Waals surface area contributed by atoms with Crippen LogP contribution in [0.25, 0.3) is 6.08 Å². The minimum atomic E-state index is -1.64. The number of hydrogen-bond acceptors (Lipinski definition) is 8. The lowest BCUT2D eigenvalue weighted by Gasteiger charge is -2.42. The van der Waals surface area contributed by atoms with Crippen molar-refractivity contribution in [3.8, 4) is 11.5 Å². The average molecular weight is 641 g/mol. The molecule has 250 valence electrons. The molecule has 9 nitrogen and oxygen atoms in total. The highest BCUT2D eigenvalue weighted by molar-refractivity contribution is 6.05. The number of benzene rings is 1. The van der Waals surface area contributed by atoms with Gasteiger partial charge in [-0.1, -0.05) is 56.0 Å². The van der Waals surface area contributed by atoms with Crippen molar-refractivity contribution in [1.82, 2.24) is 9.97 Å². The monoisotopic (exact) mass is 640 g/mol. The number of nitrogens with zero attached hydrogens (tertiary/aromatic N) is 2. The number of phenols is 1. The van der Waals surface area contributed by atoms with Crippen LogP contribution in [0.1, 0.15) is 91.7 Å². The lowest BCUT2D eigenvalue weighted by Crippen LogP contribution is -2.37. The van der Waals surface area contributed by atoms with Crippen LogP contribution in [0.15, 0.2) is 48.8 Å². The normalized spacial score (nSPS) is 25.9. The van der Waals surface area contributed by atoms with Gasteiger partial charge in [0, 0.05) is 41.5 Å². The zero-order chi connectivity index (χ0) is 33.1. The van der Waals surface area contributed by atoms with Crippen LogP contribution < -0.4 is 15.5 Å². The van der Waals surface area contributed by atoms with Gasteiger partial charge in [0.25, 0.3) is 0 Å². The summed E-state index contributed by atoms with van der Waals surface area (Å²) in [7, 11) is 1.46. The summed E-state index contributed by atoms with van der Waals surface area (Å²) in [5.74, 6) is 0.695. The van der Waals surface area contributed by atoms with E-state index in [-0.39, 0.29) is 49.1 Å². The first-order chi connectivity index (χ1) is 22.7. The molecule has 0 amide bonds. The molecule has 9 heteroatoms. The smallest absolute Gasteiger partial charge is 0.170 e. The number of hydrogen-bond donors (Lipinski definition) is 4. The van der Waals surface area contributed by atoms with Gasteiger partial charge in [0.15, 0.2) is 29.2 Å². The van der Waals surface area contributed by atoms with Gasteiger partial charge in [0.05, 0.1) is 13.7 Å². The van der Waals surface area contributed by atoms with Crippen molar-refractivity contribution in [3.63, 3.8) is 0 Å². The van der Waals surface area contributed by atoms with Crippen LogP contribution in [0.3, 0.4) is 0 Å². The van der Waals surface area contributed by atoms with Crippen molar-refractivity contribution >= 4 is 23.5 Å². The minimum absolute atomic E-state index is 0.0454.